The van der Waals surface area contributed by atoms with Crippen LogP contribution in [0, 0.1) is 0 Å². The number of piperidine rings is 1. The van der Waals surface area contributed by atoms with Crippen LogP contribution in [0.3, 0.4) is 0 Å². The molecule has 0 saturated carbocycles. The number of nitrogens with one attached hydrogen (secondary N) is 1. The van der Waals surface area contributed by atoms with E-state index in [1.807, 2.05) is 38.4 Å². The van der Waals surface area contributed by atoms with E-state index in [1.165, 1.54) is 0 Å². The summed E-state index contributed by atoms with van der Waals surface area (Å²) >= 11 is 0. The van der Waals surface area contributed by atoms with E-state index in [-0.39, 0.29) is 17.9 Å². The predicted molar refractivity (Wildman–Crippen MR) is 96.6 cm³/mol. The molecule has 134 valence electrons. The van der Waals surface area contributed by atoms with E-state index in [0.717, 1.165) is 28.6 Å². The zero-order valence-electron chi connectivity index (χ0n) is 15.0. The number of likely N-dealkylation sites (tertiary alicyclic amines) is 1. The van der Waals surface area contributed by atoms with Crippen LogP contribution in [0.15, 0.2) is 24.4 Å². The average Bonchev–Trinajstić information content (AvgIpc) is 3.01. The highest BCUT2D eigenvalue weighted by molar-refractivity contribution is 5.93. The lowest BCUT2D eigenvalue weighted by Gasteiger charge is -2.35. The second-order valence-electron chi connectivity index (χ2n) is 6.57. The van der Waals surface area contributed by atoms with Crippen LogP contribution in [0.4, 0.5) is 0 Å². The monoisotopic (exact) mass is 343 g/mol. The Kier molecular flexibility index (Phi) is 4.97. The molecule has 2 heterocycles. The van der Waals surface area contributed by atoms with Gasteiger partial charge in [-0.2, -0.15) is 0 Å². The number of fused-ring (bicyclic) bond motifs is 1. The minimum Gasteiger partial charge on any atom is -0.493 e. The molecule has 6 nitrogen and oxygen atoms in total. The number of rotatable bonds is 5. The van der Waals surface area contributed by atoms with Gasteiger partial charge in [0.15, 0.2) is 0 Å². The lowest BCUT2D eigenvalue weighted by Crippen LogP contribution is -2.49. The van der Waals surface area contributed by atoms with Crippen molar-refractivity contribution in [1.82, 2.24) is 14.8 Å². The Bertz CT molecular complexity index is 783. The van der Waals surface area contributed by atoms with Crippen molar-refractivity contribution >= 4 is 22.7 Å². The molecule has 1 aliphatic heterocycles. The first-order chi connectivity index (χ1) is 12.0. The molecule has 25 heavy (non-hydrogen) atoms. The van der Waals surface area contributed by atoms with Crippen molar-refractivity contribution in [3.05, 3.63) is 30.0 Å². The van der Waals surface area contributed by atoms with Crippen molar-refractivity contribution in [2.75, 3.05) is 27.2 Å². The predicted octanol–water partition coefficient (Wildman–Crippen LogP) is 2.19. The minimum absolute atomic E-state index is 0.0555. The zero-order valence-corrected chi connectivity index (χ0v) is 15.0. The summed E-state index contributed by atoms with van der Waals surface area (Å²) in [5, 5.41) is 0.974. The highest BCUT2D eigenvalue weighted by Gasteiger charge is 2.28. The molecule has 1 aliphatic rings. The third-order valence-electron chi connectivity index (χ3n) is 4.93. The molecule has 0 spiro atoms. The van der Waals surface area contributed by atoms with E-state index >= 15 is 0 Å². The van der Waals surface area contributed by atoms with Crippen LogP contribution < -0.4 is 4.74 Å². The molecular formula is C19H25N3O3. The number of H-pyrrole nitrogens is 1. The van der Waals surface area contributed by atoms with Crippen molar-refractivity contribution in [3.8, 4) is 5.75 Å². The maximum atomic E-state index is 12.8. The maximum absolute atomic E-state index is 12.8. The second-order valence-corrected chi connectivity index (χ2v) is 6.57. The van der Waals surface area contributed by atoms with Crippen molar-refractivity contribution in [2.45, 2.75) is 32.2 Å². The highest BCUT2D eigenvalue weighted by atomic mass is 16.5. The summed E-state index contributed by atoms with van der Waals surface area (Å²) in [6.07, 6.45) is 3.42. The van der Waals surface area contributed by atoms with Crippen LogP contribution >= 0.6 is 0 Å². The first-order valence-corrected chi connectivity index (χ1v) is 8.72. The van der Waals surface area contributed by atoms with Gasteiger partial charge in [0.2, 0.25) is 11.8 Å². The molecule has 1 N–H and O–H groups in total. The van der Waals surface area contributed by atoms with E-state index in [0.29, 0.717) is 26.0 Å². The molecule has 6 heteroatoms. The Balaban J connectivity index is 1.77. The Morgan fingerprint density at radius 2 is 2.24 bits per heavy atom. The molecule has 1 fully saturated rings. The quantitative estimate of drug-likeness (QED) is 0.905. The summed E-state index contributed by atoms with van der Waals surface area (Å²) in [6, 6.07) is 5.93. The van der Waals surface area contributed by atoms with Gasteiger partial charge in [-0.05, 0) is 31.0 Å². The van der Waals surface area contributed by atoms with Crippen LogP contribution in [-0.2, 0) is 16.0 Å². The topological polar surface area (TPSA) is 65.6 Å². The van der Waals surface area contributed by atoms with E-state index in [2.05, 4.69) is 4.98 Å². The Morgan fingerprint density at radius 3 is 2.96 bits per heavy atom. The molecule has 1 saturated heterocycles. The molecule has 0 aliphatic carbocycles. The molecule has 0 bridgehead atoms. The first kappa shape index (κ1) is 17.3. The van der Waals surface area contributed by atoms with Crippen molar-refractivity contribution in [2.24, 2.45) is 0 Å². The van der Waals surface area contributed by atoms with Crippen LogP contribution in [0.1, 0.15) is 25.3 Å². The summed E-state index contributed by atoms with van der Waals surface area (Å²) in [7, 11) is 3.62. The first-order valence-electron chi connectivity index (χ1n) is 8.72. The van der Waals surface area contributed by atoms with E-state index < -0.39 is 0 Å². The van der Waals surface area contributed by atoms with Crippen molar-refractivity contribution in [3.63, 3.8) is 0 Å². The Hall–Kier alpha value is -2.50. The molecule has 1 aromatic heterocycles. The van der Waals surface area contributed by atoms with Gasteiger partial charge in [-0.25, -0.2) is 0 Å². The number of aromatic nitrogens is 1. The van der Waals surface area contributed by atoms with Gasteiger partial charge < -0.3 is 19.5 Å². The summed E-state index contributed by atoms with van der Waals surface area (Å²) < 4.78 is 5.71. The molecule has 1 aromatic carbocycles. The lowest BCUT2D eigenvalue weighted by atomic mass is 10.0. The average molecular weight is 343 g/mol. The van der Waals surface area contributed by atoms with Crippen LogP contribution in [0.5, 0.6) is 5.75 Å². The fourth-order valence-electron chi connectivity index (χ4n) is 3.43. The number of likely N-dealkylation sites (N-methyl/N-ethyl adjacent to an activating group) is 2. The number of carbonyl (C=O) groups excluding carboxylic acids is 2. The number of hydrogen-bond acceptors (Lipinski definition) is 3. The largest absolute Gasteiger partial charge is 0.493 e. The summed E-state index contributed by atoms with van der Waals surface area (Å²) in [5.41, 5.74) is 1.91. The normalized spacial score (nSPS) is 17.8. The van der Waals surface area contributed by atoms with Crippen molar-refractivity contribution < 1.29 is 14.3 Å². The second kappa shape index (κ2) is 7.17. The van der Waals surface area contributed by atoms with E-state index in [4.69, 9.17) is 4.74 Å². The zero-order chi connectivity index (χ0) is 18.0. The van der Waals surface area contributed by atoms with Crippen LogP contribution in [0.2, 0.25) is 0 Å². The number of carbonyl (C=O) groups is 2. The van der Waals surface area contributed by atoms with Gasteiger partial charge >= 0.3 is 0 Å². The van der Waals surface area contributed by atoms with Gasteiger partial charge in [0.1, 0.15) is 5.75 Å². The van der Waals surface area contributed by atoms with Crippen LogP contribution in [0.25, 0.3) is 10.9 Å². The summed E-state index contributed by atoms with van der Waals surface area (Å²) in [5.74, 6) is 1.00. The van der Waals surface area contributed by atoms with Gasteiger partial charge in [-0.3, -0.25) is 9.59 Å². The summed E-state index contributed by atoms with van der Waals surface area (Å²) in [6.45, 7) is 3.13. The Labute approximate surface area is 147 Å². The van der Waals surface area contributed by atoms with Gasteiger partial charge in [0.05, 0.1) is 13.0 Å². The number of ether oxygens (including phenoxy) is 1. The number of nitrogens with zero attached hydrogens (tertiary/aromatic N) is 2. The fourth-order valence-corrected chi connectivity index (χ4v) is 3.43. The summed E-state index contributed by atoms with van der Waals surface area (Å²) in [4.78, 5) is 31.1. The smallest absolute Gasteiger partial charge is 0.227 e. The third-order valence-corrected chi connectivity index (χ3v) is 4.93. The van der Waals surface area contributed by atoms with E-state index in [1.54, 1.807) is 16.8 Å². The van der Waals surface area contributed by atoms with Gasteiger partial charge in [0, 0.05) is 50.2 Å². The molecule has 1 atom stereocenters. The van der Waals surface area contributed by atoms with Gasteiger partial charge in [0.25, 0.3) is 0 Å². The van der Waals surface area contributed by atoms with Gasteiger partial charge in [-0.15, -0.1) is 0 Å². The number of benzene rings is 1. The van der Waals surface area contributed by atoms with Gasteiger partial charge in [-0.1, -0.05) is 6.07 Å². The molecule has 1 unspecified atom stereocenters. The fraction of sp³-hybridized carbons (Fsp3) is 0.474. The van der Waals surface area contributed by atoms with Crippen LogP contribution in [-0.4, -0.2) is 59.9 Å². The molecular weight excluding hydrogens is 318 g/mol. The molecule has 3 rings (SSSR count). The maximum Gasteiger partial charge on any atom is 0.227 e. The number of amides is 2. The minimum atomic E-state index is 0.0555. The standard InChI is InChI=1S/C19H25N3O3/c1-4-25-16-7-5-6-15-19(16)13(11-20-15)10-18(24)22(3)14-8-9-17(23)21(2)12-14/h5-7,11,14,20H,4,8-10,12H2,1-3H3. The lowest BCUT2D eigenvalue weighted by molar-refractivity contribution is -0.139. The third kappa shape index (κ3) is 3.48. The highest BCUT2D eigenvalue weighted by Crippen LogP contribution is 2.29. The molecule has 2 amide bonds. The Morgan fingerprint density at radius 1 is 1.44 bits per heavy atom. The number of hydrogen-bond donors (Lipinski definition) is 1. The number of aromatic amines is 1. The molecule has 0 radical (unpaired) electrons. The van der Waals surface area contributed by atoms with E-state index in [9.17, 15) is 9.59 Å². The molecule has 2 aromatic rings. The SMILES string of the molecule is CCOc1cccc2[nH]cc(CC(=O)N(C)C3CCC(=O)N(C)C3)c12. The van der Waals surface area contributed by atoms with Crippen molar-refractivity contribution in [1.29, 1.82) is 0 Å².